The van der Waals surface area contributed by atoms with Crippen molar-refractivity contribution in [2.75, 3.05) is 0 Å². The van der Waals surface area contributed by atoms with Crippen molar-refractivity contribution in [1.29, 1.82) is 0 Å². The Morgan fingerprint density at radius 3 is 2.67 bits per heavy atom. The lowest BCUT2D eigenvalue weighted by molar-refractivity contribution is -0.130. The molecule has 0 aliphatic carbocycles. The van der Waals surface area contributed by atoms with Gasteiger partial charge in [0, 0.05) is 0 Å². The molecule has 0 unspecified atom stereocenters. The lowest BCUT2D eigenvalue weighted by atomic mass is 10.1. The summed E-state index contributed by atoms with van der Waals surface area (Å²) < 4.78 is 0. The van der Waals surface area contributed by atoms with E-state index in [0.717, 1.165) is 16.2 Å². The first kappa shape index (κ1) is 12.6. The third-order valence-electron chi connectivity index (χ3n) is 2.71. The van der Waals surface area contributed by atoms with E-state index in [0.29, 0.717) is 5.56 Å². The van der Waals surface area contributed by atoms with E-state index in [2.05, 4.69) is 5.32 Å². The van der Waals surface area contributed by atoms with Crippen molar-refractivity contribution in [1.82, 2.24) is 10.2 Å². The maximum absolute atomic E-state index is 11.9. The Bertz CT molecular complexity index is 535. The molecule has 96 valence electrons. The van der Waals surface area contributed by atoms with Gasteiger partial charge < -0.3 is 10.4 Å². The van der Waals surface area contributed by atoms with Crippen LogP contribution < -0.4 is 5.32 Å². The third kappa shape index (κ3) is 1.97. The van der Waals surface area contributed by atoms with Crippen LogP contribution in [-0.2, 0) is 11.3 Å². The van der Waals surface area contributed by atoms with Crippen LogP contribution in [0.15, 0.2) is 11.4 Å². The number of rotatable bonds is 3. The Morgan fingerprint density at radius 1 is 1.50 bits per heavy atom. The minimum absolute atomic E-state index is 0.0147. The molecule has 2 N–H and O–H groups in total. The topological polar surface area (TPSA) is 86.7 Å². The third-order valence-corrected chi connectivity index (χ3v) is 3.66. The summed E-state index contributed by atoms with van der Waals surface area (Å²) in [5, 5.41) is 13.1. The summed E-state index contributed by atoms with van der Waals surface area (Å²) in [6, 6.07) is 1.12. The zero-order valence-corrected chi connectivity index (χ0v) is 10.7. The molecular weight excluding hydrogens is 256 g/mol. The SMILES string of the molecule is CC1(C)NC(=O)N(Cc2ccsc2C(=O)O)C1=O. The van der Waals surface area contributed by atoms with E-state index < -0.39 is 17.5 Å². The van der Waals surface area contributed by atoms with Gasteiger partial charge in [-0.2, -0.15) is 0 Å². The fraction of sp³-hybridized carbons (Fsp3) is 0.364. The molecule has 0 spiro atoms. The average molecular weight is 268 g/mol. The van der Waals surface area contributed by atoms with Crippen LogP contribution in [0.5, 0.6) is 0 Å². The highest BCUT2D eigenvalue weighted by atomic mass is 32.1. The molecule has 0 bridgehead atoms. The van der Waals surface area contributed by atoms with Crippen LogP contribution in [0.3, 0.4) is 0 Å². The zero-order valence-electron chi connectivity index (χ0n) is 9.89. The molecule has 0 radical (unpaired) electrons. The lowest BCUT2D eigenvalue weighted by Crippen LogP contribution is -2.40. The van der Waals surface area contributed by atoms with Gasteiger partial charge in [-0.1, -0.05) is 0 Å². The van der Waals surface area contributed by atoms with E-state index in [1.54, 1.807) is 25.3 Å². The average Bonchev–Trinajstić information content (AvgIpc) is 2.78. The zero-order chi connectivity index (χ0) is 13.5. The van der Waals surface area contributed by atoms with Crippen molar-refractivity contribution >= 4 is 29.2 Å². The van der Waals surface area contributed by atoms with Crippen LogP contribution in [0.2, 0.25) is 0 Å². The van der Waals surface area contributed by atoms with Crippen LogP contribution >= 0.6 is 11.3 Å². The van der Waals surface area contributed by atoms with E-state index in [-0.39, 0.29) is 17.3 Å². The Morgan fingerprint density at radius 2 is 2.17 bits per heavy atom. The summed E-state index contributed by atoms with van der Waals surface area (Å²) in [5.74, 6) is -1.40. The first-order chi connectivity index (χ1) is 8.33. The molecule has 1 aromatic rings. The number of amides is 3. The van der Waals surface area contributed by atoms with Crippen molar-refractivity contribution in [2.45, 2.75) is 25.9 Å². The quantitative estimate of drug-likeness (QED) is 0.808. The molecule has 1 aliphatic rings. The van der Waals surface area contributed by atoms with E-state index in [1.165, 1.54) is 0 Å². The molecule has 7 heteroatoms. The highest BCUT2D eigenvalue weighted by molar-refractivity contribution is 7.12. The van der Waals surface area contributed by atoms with Crippen molar-refractivity contribution < 1.29 is 19.5 Å². The highest BCUT2D eigenvalue weighted by Crippen LogP contribution is 2.23. The summed E-state index contributed by atoms with van der Waals surface area (Å²) in [7, 11) is 0. The number of hydrogen-bond donors (Lipinski definition) is 2. The number of hydrogen-bond acceptors (Lipinski definition) is 4. The van der Waals surface area contributed by atoms with Gasteiger partial charge in [0.2, 0.25) is 0 Å². The highest BCUT2D eigenvalue weighted by Gasteiger charge is 2.44. The number of aromatic carboxylic acids is 1. The van der Waals surface area contributed by atoms with Gasteiger partial charge in [0.1, 0.15) is 10.4 Å². The first-order valence-electron chi connectivity index (χ1n) is 5.26. The molecule has 0 atom stereocenters. The number of urea groups is 1. The number of carbonyl (C=O) groups excluding carboxylic acids is 2. The molecule has 6 nitrogen and oxygen atoms in total. The Kier molecular flexibility index (Phi) is 2.86. The summed E-state index contributed by atoms with van der Waals surface area (Å²) in [6.45, 7) is 3.21. The van der Waals surface area contributed by atoms with Gasteiger partial charge in [0.25, 0.3) is 5.91 Å². The van der Waals surface area contributed by atoms with Crippen molar-refractivity contribution in [3.05, 3.63) is 21.9 Å². The van der Waals surface area contributed by atoms with Crippen LogP contribution in [0.25, 0.3) is 0 Å². The summed E-state index contributed by atoms with van der Waals surface area (Å²) in [5.41, 5.74) is -0.468. The molecule has 0 aromatic carbocycles. The standard InChI is InChI=1S/C11H12N2O4S/c1-11(2)9(16)13(10(17)12-11)5-6-3-4-18-7(6)8(14)15/h3-4H,5H2,1-2H3,(H,12,17)(H,14,15). The fourth-order valence-corrected chi connectivity index (χ4v) is 2.53. The first-order valence-corrected chi connectivity index (χ1v) is 6.14. The molecule has 1 fully saturated rings. The summed E-state index contributed by atoms with van der Waals surface area (Å²) >= 11 is 1.07. The summed E-state index contributed by atoms with van der Waals surface area (Å²) in [6.07, 6.45) is 0. The number of carboxylic acids is 1. The second-order valence-corrected chi connectivity index (χ2v) is 5.44. The Balaban J connectivity index is 2.25. The second-order valence-electron chi connectivity index (χ2n) is 4.53. The minimum atomic E-state index is -1.05. The van der Waals surface area contributed by atoms with Crippen molar-refractivity contribution in [3.63, 3.8) is 0 Å². The van der Waals surface area contributed by atoms with Gasteiger partial charge in [0.05, 0.1) is 6.54 Å². The number of imide groups is 1. The number of carbonyl (C=O) groups is 3. The normalized spacial score (nSPS) is 18.0. The van der Waals surface area contributed by atoms with Crippen LogP contribution in [0.4, 0.5) is 4.79 Å². The summed E-state index contributed by atoms with van der Waals surface area (Å²) in [4.78, 5) is 35.7. The smallest absolute Gasteiger partial charge is 0.346 e. The predicted molar refractivity (Wildman–Crippen MR) is 64.4 cm³/mol. The van der Waals surface area contributed by atoms with E-state index in [4.69, 9.17) is 5.11 Å². The van der Waals surface area contributed by atoms with Gasteiger partial charge in [-0.25, -0.2) is 9.59 Å². The van der Waals surface area contributed by atoms with Gasteiger partial charge >= 0.3 is 12.0 Å². The fourth-order valence-electron chi connectivity index (χ4n) is 1.78. The molecule has 3 amide bonds. The minimum Gasteiger partial charge on any atom is -0.477 e. The van der Waals surface area contributed by atoms with E-state index in [1.807, 2.05) is 0 Å². The number of carboxylic acid groups (broad SMARTS) is 1. The number of nitrogens with one attached hydrogen (secondary N) is 1. The molecular formula is C11H12N2O4S. The molecule has 18 heavy (non-hydrogen) atoms. The lowest BCUT2D eigenvalue weighted by Gasteiger charge is -2.15. The second kappa shape index (κ2) is 4.09. The molecule has 2 rings (SSSR count). The van der Waals surface area contributed by atoms with Gasteiger partial charge in [-0.05, 0) is 30.9 Å². The van der Waals surface area contributed by atoms with Crippen molar-refractivity contribution in [2.24, 2.45) is 0 Å². The van der Waals surface area contributed by atoms with Crippen LogP contribution in [0, 0.1) is 0 Å². The number of nitrogens with zero attached hydrogens (tertiary/aromatic N) is 1. The molecule has 2 heterocycles. The maximum Gasteiger partial charge on any atom is 0.346 e. The van der Waals surface area contributed by atoms with E-state index in [9.17, 15) is 14.4 Å². The van der Waals surface area contributed by atoms with Gasteiger partial charge in [-0.3, -0.25) is 9.69 Å². The molecule has 1 aliphatic heterocycles. The Hall–Kier alpha value is -1.89. The molecule has 1 aromatic heterocycles. The van der Waals surface area contributed by atoms with E-state index >= 15 is 0 Å². The molecule has 1 saturated heterocycles. The number of thiophene rings is 1. The van der Waals surface area contributed by atoms with Crippen LogP contribution in [-0.4, -0.2) is 33.5 Å². The molecule has 0 saturated carbocycles. The monoisotopic (exact) mass is 268 g/mol. The largest absolute Gasteiger partial charge is 0.477 e. The van der Waals surface area contributed by atoms with Gasteiger partial charge in [-0.15, -0.1) is 11.3 Å². The predicted octanol–water partition coefficient (Wildman–Crippen LogP) is 1.28. The van der Waals surface area contributed by atoms with Crippen LogP contribution in [0.1, 0.15) is 29.1 Å². The Labute approximate surface area is 107 Å². The van der Waals surface area contributed by atoms with Crippen molar-refractivity contribution in [3.8, 4) is 0 Å². The van der Waals surface area contributed by atoms with Gasteiger partial charge in [0.15, 0.2) is 0 Å². The maximum atomic E-state index is 11.9.